The summed E-state index contributed by atoms with van der Waals surface area (Å²) < 4.78 is 17.3. The third kappa shape index (κ3) is 4.13. The first-order chi connectivity index (χ1) is 14.3. The molecular formula is C23H28BrNO5. The summed E-state index contributed by atoms with van der Waals surface area (Å²) in [5, 5.41) is 3.31. The highest BCUT2D eigenvalue weighted by atomic mass is 79.9. The smallest absolute Gasteiger partial charge is 0.337 e. The van der Waals surface area contributed by atoms with Gasteiger partial charge in [-0.2, -0.15) is 0 Å². The molecule has 0 saturated carbocycles. The van der Waals surface area contributed by atoms with Crippen LogP contribution in [0, 0.1) is 0 Å². The van der Waals surface area contributed by atoms with Gasteiger partial charge in [0.15, 0.2) is 17.3 Å². The van der Waals surface area contributed by atoms with E-state index in [1.165, 1.54) is 0 Å². The quantitative estimate of drug-likeness (QED) is 0.594. The van der Waals surface area contributed by atoms with Crippen LogP contribution in [0.5, 0.6) is 11.5 Å². The van der Waals surface area contributed by atoms with Gasteiger partial charge in [-0.25, -0.2) is 4.79 Å². The molecule has 1 aromatic carbocycles. The molecule has 0 amide bonds. The zero-order chi connectivity index (χ0) is 22.0. The molecule has 1 aliphatic heterocycles. The number of halogens is 1. The summed E-state index contributed by atoms with van der Waals surface area (Å²) in [5.74, 6) is 0.199. The average Bonchev–Trinajstić information content (AvgIpc) is 2.72. The number of hydrogen-bond acceptors (Lipinski definition) is 6. The van der Waals surface area contributed by atoms with E-state index in [0.29, 0.717) is 41.2 Å². The van der Waals surface area contributed by atoms with E-state index in [0.717, 1.165) is 28.6 Å². The van der Waals surface area contributed by atoms with Crippen molar-refractivity contribution in [3.05, 3.63) is 44.7 Å². The van der Waals surface area contributed by atoms with Gasteiger partial charge < -0.3 is 19.5 Å². The molecule has 0 bridgehead atoms. The van der Waals surface area contributed by atoms with Crippen LogP contribution in [0.2, 0.25) is 0 Å². The largest absolute Gasteiger partial charge is 0.493 e. The summed E-state index contributed by atoms with van der Waals surface area (Å²) in [4.78, 5) is 26.2. The topological polar surface area (TPSA) is 73.9 Å². The lowest BCUT2D eigenvalue weighted by Crippen LogP contribution is -2.35. The Kier molecular flexibility index (Phi) is 6.91. The second kappa shape index (κ2) is 9.25. The predicted octanol–water partition coefficient (Wildman–Crippen LogP) is 4.78. The van der Waals surface area contributed by atoms with Gasteiger partial charge in [0.05, 0.1) is 25.9 Å². The third-order valence-electron chi connectivity index (χ3n) is 5.69. The summed E-state index contributed by atoms with van der Waals surface area (Å²) in [6.07, 6.45) is 2.53. The Labute approximate surface area is 185 Å². The van der Waals surface area contributed by atoms with Gasteiger partial charge >= 0.3 is 5.97 Å². The number of ether oxygens (including phenoxy) is 3. The molecule has 7 heteroatoms. The molecule has 0 saturated heterocycles. The van der Waals surface area contributed by atoms with E-state index < -0.39 is 11.9 Å². The van der Waals surface area contributed by atoms with Crippen molar-refractivity contribution >= 4 is 27.7 Å². The van der Waals surface area contributed by atoms with Crippen LogP contribution < -0.4 is 14.8 Å². The van der Waals surface area contributed by atoms with Gasteiger partial charge in [-0.15, -0.1) is 0 Å². The molecule has 30 heavy (non-hydrogen) atoms. The summed E-state index contributed by atoms with van der Waals surface area (Å²) in [6.45, 7) is 5.69. The number of carbonyl (C=O) groups excluding carboxylic acids is 2. The first kappa shape index (κ1) is 22.4. The minimum absolute atomic E-state index is 0.0526. The van der Waals surface area contributed by atoms with Crippen LogP contribution in [-0.4, -0.2) is 32.1 Å². The van der Waals surface area contributed by atoms with Crippen LogP contribution in [0.1, 0.15) is 57.9 Å². The lowest BCUT2D eigenvalue weighted by Gasteiger charge is -2.35. The summed E-state index contributed by atoms with van der Waals surface area (Å²) in [7, 11) is 3.13. The number of rotatable bonds is 6. The zero-order valence-electron chi connectivity index (χ0n) is 18.1. The Hall–Kier alpha value is -2.28. The molecule has 2 aliphatic rings. The second-order valence-corrected chi connectivity index (χ2v) is 8.47. The summed E-state index contributed by atoms with van der Waals surface area (Å²) in [6, 6.07) is 3.63. The highest BCUT2D eigenvalue weighted by Crippen LogP contribution is 2.47. The highest BCUT2D eigenvalue weighted by Gasteiger charge is 2.40. The van der Waals surface area contributed by atoms with Crippen molar-refractivity contribution in [1.82, 2.24) is 5.32 Å². The summed E-state index contributed by atoms with van der Waals surface area (Å²) >= 11 is 3.62. The van der Waals surface area contributed by atoms with Crippen LogP contribution in [-0.2, 0) is 14.3 Å². The van der Waals surface area contributed by atoms with E-state index >= 15 is 0 Å². The minimum Gasteiger partial charge on any atom is -0.493 e. The molecule has 0 radical (unpaired) electrons. The fourth-order valence-electron chi connectivity index (χ4n) is 3.99. The maximum Gasteiger partial charge on any atom is 0.337 e. The predicted molar refractivity (Wildman–Crippen MR) is 118 cm³/mol. The maximum atomic E-state index is 13.2. The van der Waals surface area contributed by atoms with Gasteiger partial charge in [-0.3, -0.25) is 4.79 Å². The number of carbonyl (C=O) groups is 2. The Balaban J connectivity index is 2.21. The summed E-state index contributed by atoms with van der Waals surface area (Å²) in [5.41, 5.74) is 3.46. The molecule has 0 aromatic heterocycles. The molecular weight excluding hydrogens is 450 g/mol. The lowest BCUT2D eigenvalue weighted by molar-refractivity contribution is -0.144. The number of methoxy groups -OCH3 is 2. The Morgan fingerprint density at radius 2 is 1.90 bits per heavy atom. The Morgan fingerprint density at radius 3 is 2.53 bits per heavy atom. The van der Waals surface area contributed by atoms with Crippen LogP contribution in [0.4, 0.5) is 0 Å². The maximum absolute atomic E-state index is 13.2. The van der Waals surface area contributed by atoms with E-state index in [4.69, 9.17) is 14.2 Å². The molecule has 0 fully saturated rings. The molecule has 6 nitrogen and oxygen atoms in total. The van der Waals surface area contributed by atoms with Crippen molar-refractivity contribution in [2.45, 2.75) is 58.5 Å². The molecule has 1 heterocycles. The highest BCUT2D eigenvalue weighted by molar-refractivity contribution is 9.10. The fourth-order valence-corrected chi connectivity index (χ4v) is 4.54. The Bertz CT molecular complexity index is 934. The van der Waals surface area contributed by atoms with Crippen molar-refractivity contribution in [3.63, 3.8) is 0 Å². The molecule has 1 aromatic rings. The van der Waals surface area contributed by atoms with Crippen molar-refractivity contribution in [2.24, 2.45) is 0 Å². The van der Waals surface area contributed by atoms with Gasteiger partial charge in [-0.1, -0.05) is 22.9 Å². The average molecular weight is 478 g/mol. The van der Waals surface area contributed by atoms with E-state index in [2.05, 4.69) is 21.2 Å². The van der Waals surface area contributed by atoms with Crippen molar-refractivity contribution in [2.75, 3.05) is 14.2 Å². The SMILES string of the molecule is CC[C@@H](C)OC(=O)C1=C(C)NC2=C(C(=O)CCC2)[C@@H]1c1cc(OC)c(OC)cc1Br. The van der Waals surface area contributed by atoms with E-state index in [1.54, 1.807) is 20.3 Å². The standard InChI is InChI=1S/C23H28BrNO5/c1-6-12(2)30-23(27)20-13(3)25-16-8-7-9-17(26)22(16)21(20)14-10-18(28-4)19(29-5)11-15(14)24/h10-12,21,25H,6-9H2,1-5H3/t12-,21-/m1/s1. The van der Waals surface area contributed by atoms with Crippen molar-refractivity contribution in [3.8, 4) is 11.5 Å². The van der Waals surface area contributed by atoms with Gasteiger partial charge in [0.2, 0.25) is 0 Å². The molecule has 162 valence electrons. The van der Waals surface area contributed by atoms with E-state index in [1.807, 2.05) is 26.8 Å². The van der Waals surface area contributed by atoms with Crippen LogP contribution in [0.3, 0.4) is 0 Å². The Morgan fingerprint density at radius 1 is 1.23 bits per heavy atom. The van der Waals surface area contributed by atoms with Crippen LogP contribution >= 0.6 is 15.9 Å². The normalized spacial score (nSPS) is 19.8. The number of dihydropyridines is 1. The zero-order valence-corrected chi connectivity index (χ0v) is 19.6. The molecule has 1 N–H and O–H groups in total. The first-order valence-electron chi connectivity index (χ1n) is 10.2. The molecule has 2 atom stereocenters. The van der Waals surface area contributed by atoms with Gasteiger partial charge in [0.1, 0.15) is 0 Å². The number of hydrogen-bond donors (Lipinski definition) is 1. The van der Waals surface area contributed by atoms with Crippen LogP contribution in [0.25, 0.3) is 0 Å². The monoisotopic (exact) mass is 477 g/mol. The van der Waals surface area contributed by atoms with Crippen LogP contribution in [0.15, 0.2) is 39.1 Å². The van der Waals surface area contributed by atoms with E-state index in [9.17, 15) is 9.59 Å². The minimum atomic E-state index is -0.542. The number of esters is 1. The number of Topliss-reactive ketones (excluding diaryl/α,β-unsaturated/α-hetero) is 1. The second-order valence-electron chi connectivity index (χ2n) is 7.62. The number of ketones is 1. The van der Waals surface area contributed by atoms with E-state index in [-0.39, 0.29) is 11.9 Å². The number of benzene rings is 1. The molecule has 3 rings (SSSR count). The first-order valence-corrected chi connectivity index (χ1v) is 11.0. The van der Waals surface area contributed by atoms with Crippen molar-refractivity contribution < 1.29 is 23.8 Å². The molecule has 0 unspecified atom stereocenters. The molecule has 1 aliphatic carbocycles. The number of nitrogens with one attached hydrogen (secondary N) is 1. The van der Waals surface area contributed by atoms with Gasteiger partial charge in [0.25, 0.3) is 0 Å². The lowest BCUT2D eigenvalue weighted by atomic mass is 9.75. The number of allylic oxidation sites excluding steroid dienone is 3. The molecule has 0 spiro atoms. The fraction of sp³-hybridized carbons (Fsp3) is 0.478. The van der Waals surface area contributed by atoms with Gasteiger partial charge in [0, 0.05) is 33.8 Å². The van der Waals surface area contributed by atoms with Crippen molar-refractivity contribution in [1.29, 1.82) is 0 Å². The third-order valence-corrected chi connectivity index (χ3v) is 6.38. The van der Waals surface area contributed by atoms with Gasteiger partial charge in [-0.05, 0) is 50.8 Å².